The molecule has 20 heavy (non-hydrogen) atoms. The van der Waals surface area contributed by atoms with Crippen molar-refractivity contribution in [2.24, 2.45) is 5.84 Å². The lowest BCUT2D eigenvalue weighted by Gasteiger charge is -2.45. The van der Waals surface area contributed by atoms with Crippen LogP contribution in [0.15, 0.2) is 18.2 Å². The summed E-state index contributed by atoms with van der Waals surface area (Å²) in [6, 6.07) is 5.20. The number of rotatable bonds is 7. The standard InChI is InChI=1S/C16H28FN3/c1-6-16(5,20(7-2)8-3)15(19-18)13-9-10-14(17)12(4)11-13/h9-11,15,19H,6-8,18H2,1-5H3. The zero-order chi connectivity index (χ0) is 15.3. The van der Waals surface area contributed by atoms with Gasteiger partial charge in [-0.1, -0.05) is 32.9 Å². The predicted octanol–water partition coefficient (Wildman–Crippen LogP) is 3.15. The van der Waals surface area contributed by atoms with Gasteiger partial charge in [-0.25, -0.2) is 4.39 Å². The lowest BCUT2D eigenvalue weighted by molar-refractivity contribution is 0.0698. The van der Waals surface area contributed by atoms with Crippen molar-refractivity contribution in [1.29, 1.82) is 0 Å². The Morgan fingerprint density at radius 3 is 2.30 bits per heavy atom. The minimum atomic E-state index is -0.175. The molecule has 1 aromatic rings. The van der Waals surface area contributed by atoms with Crippen LogP contribution in [0.4, 0.5) is 4.39 Å². The summed E-state index contributed by atoms with van der Waals surface area (Å²) < 4.78 is 13.5. The number of likely N-dealkylation sites (N-methyl/N-ethyl adjacent to an activating group) is 1. The molecule has 0 aliphatic heterocycles. The first-order chi connectivity index (χ1) is 9.44. The second-order valence-corrected chi connectivity index (χ2v) is 5.49. The van der Waals surface area contributed by atoms with Crippen LogP contribution in [0.25, 0.3) is 0 Å². The van der Waals surface area contributed by atoms with Crippen LogP contribution in [0, 0.1) is 12.7 Å². The monoisotopic (exact) mass is 281 g/mol. The second-order valence-electron chi connectivity index (χ2n) is 5.49. The van der Waals surface area contributed by atoms with Crippen LogP contribution < -0.4 is 11.3 Å². The van der Waals surface area contributed by atoms with Gasteiger partial charge in [0.2, 0.25) is 0 Å². The minimum absolute atomic E-state index is 0.0355. The lowest BCUT2D eigenvalue weighted by atomic mass is 9.82. The van der Waals surface area contributed by atoms with Crippen molar-refractivity contribution in [3.8, 4) is 0 Å². The molecule has 2 unspecified atom stereocenters. The van der Waals surface area contributed by atoms with Crippen molar-refractivity contribution in [3.05, 3.63) is 35.1 Å². The maximum absolute atomic E-state index is 13.5. The largest absolute Gasteiger partial charge is 0.297 e. The number of benzene rings is 1. The Labute approximate surface area is 122 Å². The van der Waals surface area contributed by atoms with Gasteiger partial charge in [0.15, 0.2) is 0 Å². The number of halogens is 1. The first-order valence-corrected chi connectivity index (χ1v) is 7.41. The second kappa shape index (κ2) is 7.16. The van der Waals surface area contributed by atoms with E-state index in [1.54, 1.807) is 6.92 Å². The molecule has 0 aliphatic carbocycles. The SMILES string of the molecule is CCN(CC)C(C)(CC)C(NN)c1ccc(F)c(C)c1. The molecule has 1 aromatic carbocycles. The maximum Gasteiger partial charge on any atom is 0.126 e. The number of hydrazine groups is 1. The fourth-order valence-corrected chi connectivity index (χ4v) is 3.04. The number of aryl methyl sites for hydroxylation is 1. The quantitative estimate of drug-likeness (QED) is 0.596. The van der Waals surface area contributed by atoms with Gasteiger partial charge >= 0.3 is 0 Å². The molecule has 0 fully saturated rings. The summed E-state index contributed by atoms with van der Waals surface area (Å²) >= 11 is 0. The fourth-order valence-electron chi connectivity index (χ4n) is 3.04. The zero-order valence-corrected chi connectivity index (χ0v) is 13.3. The summed E-state index contributed by atoms with van der Waals surface area (Å²) in [6.45, 7) is 12.4. The van der Waals surface area contributed by atoms with Crippen molar-refractivity contribution < 1.29 is 4.39 Å². The van der Waals surface area contributed by atoms with Gasteiger partial charge in [-0.2, -0.15) is 0 Å². The van der Waals surface area contributed by atoms with Gasteiger partial charge in [0, 0.05) is 5.54 Å². The predicted molar refractivity (Wildman–Crippen MR) is 82.8 cm³/mol. The number of nitrogens with two attached hydrogens (primary N) is 1. The molecule has 3 nitrogen and oxygen atoms in total. The van der Waals surface area contributed by atoms with Gasteiger partial charge in [-0.05, 0) is 50.6 Å². The molecule has 0 amide bonds. The maximum atomic E-state index is 13.5. The molecule has 0 saturated heterocycles. The van der Waals surface area contributed by atoms with E-state index in [2.05, 4.69) is 38.0 Å². The van der Waals surface area contributed by atoms with E-state index in [1.807, 2.05) is 12.1 Å². The van der Waals surface area contributed by atoms with Gasteiger partial charge in [0.05, 0.1) is 6.04 Å². The smallest absolute Gasteiger partial charge is 0.126 e. The molecule has 0 heterocycles. The van der Waals surface area contributed by atoms with Gasteiger partial charge in [0.25, 0.3) is 0 Å². The van der Waals surface area contributed by atoms with Crippen LogP contribution in [0.2, 0.25) is 0 Å². The van der Waals surface area contributed by atoms with Crippen LogP contribution >= 0.6 is 0 Å². The molecule has 0 spiro atoms. The van der Waals surface area contributed by atoms with Gasteiger partial charge in [0.1, 0.15) is 5.82 Å². The van der Waals surface area contributed by atoms with Crippen molar-refractivity contribution in [2.45, 2.75) is 52.6 Å². The summed E-state index contributed by atoms with van der Waals surface area (Å²) in [5.41, 5.74) is 4.52. The molecular formula is C16H28FN3. The molecule has 0 saturated carbocycles. The number of hydrogen-bond acceptors (Lipinski definition) is 3. The topological polar surface area (TPSA) is 41.3 Å². The molecule has 0 radical (unpaired) electrons. The first kappa shape index (κ1) is 17.1. The third-order valence-electron chi connectivity index (χ3n) is 4.51. The third kappa shape index (κ3) is 3.19. The Bertz CT molecular complexity index is 432. The molecule has 0 aromatic heterocycles. The lowest BCUT2D eigenvalue weighted by Crippen LogP contribution is -2.55. The molecule has 0 bridgehead atoms. The van der Waals surface area contributed by atoms with Gasteiger partial charge in [-0.15, -0.1) is 0 Å². The van der Waals surface area contributed by atoms with E-state index in [1.165, 1.54) is 6.07 Å². The number of nitrogens with one attached hydrogen (secondary N) is 1. The highest BCUT2D eigenvalue weighted by molar-refractivity contribution is 5.29. The normalized spacial score (nSPS) is 16.2. The summed E-state index contributed by atoms with van der Waals surface area (Å²) in [6.07, 6.45) is 0.958. The zero-order valence-electron chi connectivity index (χ0n) is 13.3. The van der Waals surface area contributed by atoms with Crippen LogP contribution in [-0.2, 0) is 0 Å². The van der Waals surface area contributed by atoms with Crippen LogP contribution in [-0.4, -0.2) is 23.5 Å². The highest BCUT2D eigenvalue weighted by Crippen LogP contribution is 2.34. The fraction of sp³-hybridized carbons (Fsp3) is 0.625. The Kier molecular flexibility index (Phi) is 6.11. The van der Waals surface area contributed by atoms with Crippen LogP contribution in [0.5, 0.6) is 0 Å². The van der Waals surface area contributed by atoms with E-state index >= 15 is 0 Å². The molecule has 2 atom stereocenters. The first-order valence-electron chi connectivity index (χ1n) is 7.41. The third-order valence-corrected chi connectivity index (χ3v) is 4.51. The van der Waals surface area contributed by atoms with E-state index in [-0.39, 0.29) is 17.4 Å². The van der Waals surface area contributed by atoms with Crippen molar-refractivity contribution in [2.75, 3.05) is 13.1 Å². The van der Waals surface area contributed by atoms with Gasteiger partial charge in [-0.3, -0.25) is 16.2 Å². The molecule has 4 heteroatoms. The summed E-state index contributed by atoms with van der Waals surface area (Å²) in [4.78, 5) is 2.40. The Hall–Kier alpha value is -0.970. The number of hydrogen-bond donors (Lipinski definition) is 2. The molecule has 1 rings (SSSR count). The molecule has 114 valence electrons. The average molecular weight is 281 g/mol. The highest BCUT2D eigenvalue weighted by Gasteiger charge is 2.37. The Morgan fingerprint density at radius 1 is 1.30 bits per heavy atom. The molecular weight excluding hydrogens is 253 g/mol. The Balaban J connectivity index is 3.23. The molecule has 3 N–H and O–H groups in total. The van der Waals surface area contributed by atoms with E-state index in [9.17, 15) is 4.39 Å². The summed E-state index contributed by atoms with van der Waals surface area (Å²) in [5.74, 6) is 5.66. The summed E-state index contributed by atoms with van der Waals surface area (Å²) in [5, 5.41) is 0. The minimum Gasteiger partial charge on any atom is -0.297 e. The van der Waals surface area contributed by atoms with E-state index in [0.717, 1.165) is 25.1 Å². The van der Waals surface area contributed by atoms with E-state index in [4.69, 9.17) is 5.84 Å². The van der Waals surface area contributed by atoms with Crippen molar-refractivity contribution in [1.82, 2.24) is 10.3 Å². The Morgan fingerprint density at radius 2 is 1.90 bits per heavy atom. The number of nitrogens with zero attached hydrogens (tertiary/aromatic N) is 1. The van der Waals surface area contributed by atoms with Crippen LogP contribution in [0.1, 0.15) is 51.3 Å². The van der Waals surface area contributed by atoms with Gasteiger partial charge < -0.3 is 0 Å². The van der Waals surface area contributed by atoms with E-state index in [0.29, 0.717) is 5.56 Å². The average Bonchev–Trinajstić information content (AvgIpc) is 2.44. The highest BCUT2D eigenvalue weighted by atomic mass is 19.1. The molecule has 0 aliphatic rings. The van der Waals surface area contributed by atoms with Crippen LogP contribution in [0.3, 0.4) is 0 Å². The van der Waals surface area contributed by atoms with Crippen molar-refractivity contribution in [3.63, 3.8) is 0 Å². The van der Waals surface area contributed by atoms with E-state index < -0.39 is 0 Å². The summed E-state index contributed by atoms with van der Waals surface area (Å²) in [7, 11) is 0. The van der Waals surface area contributed by atoms with Crippen molar-refractivity contribution >= 4 is 0 Å².